The van der Waals surface area contributed by atoms with Gasteiger partial charge in [0.2, 0.25) is 0 Å². The number of rotatable bonds is 3. The average molecular weight is 338 g/mol. The quantitative estimate of drug-likeness (QED) is 0.639. The highest BCUT2D eigenvalue weighted by Crippen LogP contribution is 2.76. The molecule has 2 aliphatic heterocycles. The van der Waals surface area contributed by atoms with Crippen molar-refractivity contribution in [2.75, 3.05) is 6.61 Å². The predicted octanol–water partition coefficient (Wildman–Crippen LogP) is 1.03. The average Bonchev–Trinajstić information content (AvgIpc) is 2.49. The molecule has 2 saturated heterocycles. The fourth-order valence-corrected chi connectivity index (χ4v) is 5.81. The number of ether oxygens (including phenoxy) is 1. The van der Waals surface area contributed by atoms with Crippen molar-refractivity contribution in [3.63, 3.8) is 0 Å². The number of phosphoric acid groups is 2. The van der Waals surface area contributed by atoms with Crippen molar-refractivity contribution >= 4 is 24.2 Å². The van der Waals surface area contributed by atoms with Gasteiger partial charge in [0.15, 0.2) is 0 Å². The Bertz CT molecular complexity index is 403. The molecule has 2 fully saturated rings. The van der Waals surface area contributed by atoms with Gasteiger partial charge in [-0.05, 0) is 6.92 Å². The van der Waals surface area contributed by atoms with Crippen LogP contribution in [0.25, 0.3) is 0 Å². The zero-order chi connectivity index (χ0) is 14.3. The van der Waals surface area contributed by atoms with Crippen molar-refractivity contribution in [3.8, 4) is 0 Å². The van der Waals surface area contributed by atoms with Crippen LogP contribution in [0.5, 0.6) is 0 Å². The van der Waals surface area contributed by atoms with E-state index in [2.05, 4.69) is 12.9 Å². The zero-order valence-electron chi connectivity index (χ0n) is 9.69. The topological polar surface area (TPSA) is 141 Å². The summed E-state index contributed by atoms with van der Waals surface area (Å²) in [5.74, 6) is 0. The van der Waals surface area contributed by atoms with Crippen LogP contribution in [0.4, 0.5) is 0 Å². The monoisotopic (exact) mass is 338 g/mol. The van der Waals surface area contributed by atoms with Crippen LogP contribution >= 0.6 is 24.2 Å². The largest absolute Gasteiger partial charge is 0.488 e. The lowest BCUT2D eigenvalue weighted by molar-refractivity contribution is -0.0137. The first-order valence-corrected chi connectivity index (χ1v) is 9.28. The highest BCUT2D eigenvalue weighted by atomic mass is 31.3. The van der Waals surface area contributed by atoms with Crippen molar-refractivity contribution < 1.29 is 46.2 Å². The third-order valence-electron chi connectivity index (χ3n) is 2.30. The lowest BCUT2D eigenvalue weighted by Gasteiger charge is -2.27. The summed E-state index contributed by atoms with van der Waals surface area (Å²) < 4.78 is 45.1. The molecule has 2 heterocycles. The molecular formula is C6H13O10P3. The molecule has 0 amide bonds. The molecule has 2 aliphatic rings. The predicted molar refractivity (Wildman–Crippen MR) is 60.7 cm³/mol. The van der Waals surface area contributed by atoms with Crippen LogP contribution in [-0.4, -0.2) is 39.8 Å². The summed E-state index contributed by atoms with van der Waals surface area (Å²) >= 11 is 0. The van der Waals surface area contributed by atoms with Gasteiger partial charge >= 0.3 is 24.2 Å². The Morgan fingerprint density at radius 1 is 1.32 bits per heavy atom. The van der Waals surface area contributed by atoms with Gasteiger partial charge in [0.05, 0.1) is 18.8 Å². The van der Waals surface area contributed by atoms with E-state index in [9.17, 15) is 14.2 Å². The number of hydrogen-bond acceptors (Lipinski definition) is 8. The van der Waals surface area contributed by atoms with Crippen LogP contribution in [0.1, 0.15) is 13.3 Å². The molecule has 10 nitrogen and oxygen atoms in total. The molecule has 0 aromatic heterocycles. The molecule has 0 spiro atoms. The summed E-state index contributed by atoms with van der Waals surface area (Å²) in [6.45, 7) is 1.55. The maximum atomic E-state index is 11.1. The van der Waals surface area contributed by atoms with Crippen molar-refractivity contribution in [2.45, 2.75) is 31.7 Å². The summed E-state index contributed by atoms with van der Waals surface area (Å²) in [5.41, 5.74) is 0. The zero-order valence-corrected chi connectivity index (χ0v) is 12.4. The van der Waals surface area contributed by atoms with E-state index in [0.717, 1.165) is 0 Å². The van der Waals surface area contributed by atoms with E-state index in [1.165, 1.54) is 0 Å². The second-order valence-corrected chi connectivity index (χ2v) is 8.53. The minimum absolute atomic E-state index is 0.152. The molecule has 19 heavy (non-hydrogen) atoms. The Hall–Kier alpha value is 0.570. The van der Waals surface area contributed by atoms with Gasteiger partial charge in [0, 0.05) is 6.42 Å². The SMILES string of the molecule is C[C@H]1CC(O)[C@@H](COP2OP(=O)(O)OP(=O)(O)O2)O1. The Kier molecular flexibility index (Phi) is 4.83. The van der Waals surface area contributed by atoms with Gasteiger partial charge in [-0.2, -0.15) is 4.31 Å². The van der Waals surface area contributed by atoms with Crippen LogP contribution in [0, 0.1) is 0 Å². The molecule has 3 N–H and O–H groups in total. The molecular weight excluding hydrogens is 325 g/mol. The van der Waals surface area contributed by atoms with Crippen molar-refractivity contribution in [3.05, 3.63) is 0 Å². The number of aliphatic hydroxyl groups excluding tert-OH is 1. The molecule has 0 saturated carbocycles. The maximum Gasteiger partial charge on any atom is 0.488 e. The van der Waals surface area contributed by atoms with Crippen molar-refractivity contribution in [2.24, 2.45) is 0 Å². The molecule has 112 valence electrons. The van der Waals surface area contributed by atoms with E-state index in [0.29, 0.717) is 6.42 Å². The van der Waals surface area contributed by atoms with Crippen LogP contribution in [-0.2, 0) is 31.3 Å². The summed E-state index contributed by atoms with van der Waals surface area (Å²) in [7, 11) is -11.9. The lowest BCUT2D eigenvalue weighted by Crippen LogP contribution is -2.26. The molecule has 13 heteroatoms. The van der Waals surface area contributed by atoms with Gasteiger partial charge in [-0.1, -0.05) is 0 Å². The molecule has 0 radical (unpaired) electrons. The summed E-state index contributed by atoms with van der Waals surface area (Å²) in [4.78, 5) is 18.0. The second kappa shape index (κ2) is 5.75. The van der Waals surface area contributed by atoms with Gasteiger partial charge < -0.3 is 24.2 Å². The van der Waals surface area contributed by atoms with E-state index >= 15 is 0 Å². The van der Waals surface area contributed by atoms with E-state index in [1.54, 1.807) is 6.92 Å². The van der Waals surface area contributed by atoms with E-state index < -0.39 is 36.5 Å². The highest BCUT2D eigenvalue weighted by molar-refractivity contribution is 7.72. The number of aliphatic hydroxyl groups is 1. The third kappa shape index (κ3) is 4.52. The molecule has 0 bridgehead atoms. The lowest BCUT2D eigenvalue weighted by atomic mass is 10.1. The first-order valence-electron chi connectivity index (χ1n) is 5.20. The van der Waals surface area contributed by atoms with Crippen LogP contribution in [0.15, 0.2) is 0 Å². The minimum atomic E-state index is -4.69. The number of hydrogen-bond donors (Lipinski definition) is 3. The minimum Gasteiger partial charge on any atom is -0.390 e. The van der Waals surface area contributed by atoms with Gasteiger partial charge in [-0.25, -0.2) is 17.8 Å². The van der Waals surface area contributed by atoms with Crippen molar-refractivity contribution in [1.29, 1.82) is 0 Å². The highest BCUT2D eigenvalue weighted by Gasteiger charge is 2.48. The Balaban J connectivity index is 1.89. The summed E-state index contributed by atoms with van der Waals surface area (Å²) in [5, 5.41) is 9.58. The summed E-state index contributed by atoms with van der Waals surface area (Å²) in [6.07, 6.45) is -1.15. The molecule has 2 rings (SSSR count). The summed E-state index contributed by atoms with van der Waals surface area (Å²) in [6, 6.07) is 0. The first kappa shape index (κ1) is 15.9. The normalized spacial score (nSPS) is 51.4. The smallest absolute Gasteiger partial charge is 0.390 e. The van der Waals surface area contributed by atoms with E-state index in [1.807, 2.05) is 0 Å². The van der Waals surface area contributed by atoms with E-state index in [-0.39, 0.29) is 12.7 Å². The maximum absolute atomic E-state index is 11.1. The Morgan fingerprint density at radius 3 is 2.37 bits per heavy atom. The van der Waals surface area contributed by atoms with Crippen molar-refractivity contribution in [1.82, 2.24) is 0 Å². The fraction of sp³-hybridized carbons (Fsp3) is 1.00. The van der Waals surface area contributed by atoms with Crippen LogP contribution in [0.3, 0.4) is 0 Å². The third-order valence-corrected chi connectivity index (χ3v) is 7.03. The van der Waals surface area contributed by atoms with Crippen LogP contribution in [0.2, 0.25) is 0 Å². The first-order chi connectivity index (χ1) is 8.67. The molecule has 3 unspecified atom stereocenters. The molecule has 0 aromatic carbocycles. The second-order valence-electron chi connectivity index (χ2n) is 3.99. The molecule has 5 atom stereocenters. The molecule has 0 aliphatic carbocycles. The van der Waals surface area contributed by atoms with Gasteiger partial charge in [-0.15, -0.1) is 0 Å². The standard InChI is InChI=1S/C6H13O10P3/c1-4-2-5(7)6(13-4)3-12-17-14-18(8,9)16-19(10,11)15-17/h4-7H,2-3H2,1H3,(H,8,9)(H,10,11)/t4-,5?,6+/m0/s1. The van der Waals surface area contributed by atoms with Gasteiger partial charge in [0.25, 0.3) is 0 Å². The van der Waals surface area contributed by atoms with E-state index in [4.69, 9.17) is 19.0 Å². The van der Waals surface area contributed by atoms with Gasteiger partial charge in [0.1, 0.15) is 6.10 Å². The molecule has 0 aromatic rings. The Morgan fingerprint density at radius 2 is 1.89 bits per heavy atom. The van der Waals surface area contributed by atoms with Crippen LogP contribution < -0.4 is 0 Å². The Labute approximate surface area is 109 Å². The fourth-order valence-electron chi connectivity index (χ4n) is 1.61. The van der Waals surface area contributed by atoms with Gasteiger partial charge in [-0.3, -0.25) is 0 Å².